The van der Waals surface area contributed by atoms with E-state index in [0.717, 1.165) is 11.3 Å². The van der Waals surface area contributed by atoms with E-state index in [0.29, 0.717) is 25.5 Å². The van der Waals surface area contributed by atoms with E-state index in [1.807, 2.05) is 38.2 Å². The summed E-state index contributed by atoms with van der Waals surface area (Å²) >= 11 is 0. The van der Waals surface area contributed by atoms with Crippen molar-refractivity contribution in [1.82, 2.24) is 4.90 Å². The molecule has 1 atom stereocenters. The predicted molar refractivity (Wildman–Crippen MR) is 79.6 cm³/mol. The van der Waals surface area contributed by atoms with Crippen molar-refractivity contribution < 1.29 is 9.53 Å². The van der Waals surface area contributed by atoms with Gasteiger partial charge in [-0.25, -0.2) is 0 Å². The van der Waals surface area contributed by atoms with Crippen molar-refractivity contribution >= 4 is 5.91 Å². The molecular weight excluding hydrogens is 252 g/mol. The Labute approximate surface area is 120 Å². The number of carbonyl (C=O) groups is 1. The minimum absolute atomic E-state index is 0.0298. The van der Waals surface area contributed by atoms with Crippen molar-refractivity contribution in [2.75, 3.05) is 20.2 Å². The highest BCUT2D eigenvalue weighted by atomic mass is 16.5. The van der Waals surface area contributed by atoms with Crippen LogP contribution in [0, 0.1) is 12.8 Å². The number of nitrogens with zero attached hydrogens (tertiary/aromatic N) is 1. The molecule has 0 aliphatic heterocycles. The zero-order valence-corrected chi connectivity index (χ0v) is 12.3. The van der Waals surface area contributed by atoms with Gasteiger partial charge in [0.1, 0.15) is 12.4 Å². The van der Waals surface area contributed by atoms with Crippen molar-refractivity contribution in [1.29, 1.82) is 0 Å². The first-order valence-corrected chi connectivity index (χ1v) is 7.26. The highest BCUT2D eigenvalue weighted by Crippen LogP contribution is 2.32. The van der Waals surface area contributed by atoms with E-state index in [1.165, 1.54) is 12.8 Å². The smallest absolute Gasteiger partial charge is 0.223 e. The van der Waals surface area contributed by atoms with Crippen LogP contribution in [0.3, 0.4) is 0 Å². The number of carbonyl (C=O) groups excluding carboxylic acids is 1. The number of benzene rings is 1. The van der Waals surface area contributed by atoms with Crippen molar-refractivity contribution in [3.63, 3.8) is 0 Å². The molecule has 2 rings (SSSR count). The van der Waals surface area contributed by atoms with Crippen molar-refractivity contribution in [2.24, 2.45) is 11.7 Å². The summed E-state index contributed by atoms with van der Waals surface area (Å²) in [6.45, 7) is 3.11. The molecule has 0 aromatic heterocycles. The molecule has 1 unspecified atom stereocenters. The number of aryl methyl sites for hydroxylation is 1. The summed E-state index contributed by atoms with van der Waals surface area (Å²) in [5, 5.41) is 0. The van der Waals surface area contributed by atoms with Gasteiger partial charge >= 0.3 is 0 Å². The summed E-state index contributed by atoms with van der Waals surface area (Å²) in [5.41, 5.74) is 7.09. The topological polar surface area (TPSA) is 55.6 Å². The van der Waals surface area contributed by atoms with Gasteiger partial charge in [-0.2, -0.15) is 0 Å². The van der Waals surface area contributed by atoms with E-state index in [-0.39, 0.29) is 11.9 Å². The third-order valence-corrected chi connectivity index (χ3v) is 3.84. The van der Waals surface area contributed by atoms with Crippen molar-refractivity contribution in [2.45, 2.75) is 32.2 Å². The van der Waals surface area contributed by atoms with Gasteiger partial charge in [0.2, 0.25) is 5.91 Å². The third kappa shape index (κ3) is 4.23. The summed E-state index contributed by atoms with van der Waals surface area (Å²) in [7, 11) is 1.81. The van der Waals surface area contributed by atoms with Crippen LogP contribution in [0.2, 0.25) is 0 Å². The first-order chi connectivity index (χ1) is 9.58. The van der Waals surface area contributed by atoms with Gasteiger partial charge in [0.25, 0.3) is 0 Å². The Kier molecular flexibility index (Phi) is 5.01. The highest BCUT2D eigenvalue weighted by Gasteiger charge is 2.30. The van der Waals surface area contributed by atoms with Crippen LogP contribution in [0.15, 0.2) is 24.3 Å². The number of nitrogens with two attached hydrogens (primary N) is 1. The maximum atomic E-state index is 12.0. The quantitative estimate of drug-likeness (QED) is 0.828. The lowest BCUT2D eigenvalue weighted by Gasteiger charge is -2.20. The summed E-state index contributed by atoms with van der Waals surface area (Å²) in [6, 6.07) is 7.92. The summed E-state index contributed by atoms with van der Waals surface area (Å²) in [4.78, 5) is 13.7. The normalized spacial score (nSPS) is 15.8. The fraction of sp³-hybridized carbons (Fsp3) is 0.562. The highest BCUT2D eigenvalue weighted by molar-refractivity contribution is 5.76. The monoisotopic (exact) mass is 276 g/mol. The fourth-order valence-corrected chi connectivity index (χ4v) is 2.18. The first kappa shape index (κ1) is 14.9. The van der Waals surface area contributed by atoms with E-state index in [2.05, 4.69) is 0 Å². The van der Waals surface area contributed by atoms with Crippen LogP contribution in [0.5, 0.6) is 5.75 Å². The van der Waals surface area contributed by atoms with Gasteiger partial charge < -0.3 is 15.4 Å². The van der Waals surface area contributed by atoms with Crippen molar-refractivity contribution in [3.8, 4) is 5.75 Å². The first-order valence-electron chi connectivity index (χ1n) is 7.26. The molecule has 0 radical (unpaired) electrons. The Morgan fingerprint density at radius 3 is 2.80 bits per heavy atom. The van der Waals surface area contributed by atoms with Gasteiger partial charge in [0.05, 0.1) is 6.54 Å². The number of para-hydroxylation sites is 1. The molecule has 1 saturated carbocycles. The van der Waals surface area contributed by atoms with Crippen LogP contribution >= 0.6 is 0 Å². The second kappa shape index (κ2) is 6.75. The average Bonchev–Trinajstić information content (AvgIpc) is 3.25. The second-order valence-corrected chi connectivity index (χ2v) is 5.63. The van der Waals surface area contributed by atoms with Crippen LogP contribution in [-0.4, -0.2) is 37.0 Å². The molecule has 4 heteroatoms. The van der Waals surface area contributed by atoms with Crippen molar-refractivity contribution in [3.05, 3.63) is 29.8 Å². The lowest BCUT2D eigenvalue weighted by Crippen LogP contribution is -2.36. The fourth-order valence-electron chi connectivity index (χ4n) is 2.18. The molecule has 0 bridgehead atoms. The Balaban J connectivity index is 1.70. The zero-order valence-electron chi connectivity index (χ0n) is 12.3. The van der Waals surface area contributed by atoms with E-state index < -0.39 is 0 Å². The Bertz CT molecular complexity index is 458. The van der Waals surface area contributed by atoms with Gasteiger partial charge in [-0.15, -0.1) is 0 Å². The molecule has 1 amide bonds. The largest absolute Gasteiger partial charge is 0.491 e. The van der Waals surface area contributed by atoms with Gasteiger partial charge in [0, 0.05) is 19.5 Å². The molecule has 1 aromatic rings. The molecule has 2 N–H and O–H groups in total. The lowest BCUT2D eigenvalue weighted by molar-refractivity contribution is -0.130. The zero-order chi connectivity index (χ0) is 14.5. The minimum Gasteiger partial charge on any atom is -0.491 e. The molecule has 0 spiro atoms. The lowest BCUT2D eigenvalue weighted by atomic mass is 10.1. The molecule has 4 nitrogen and oxygen atoms in total. The van der Waals surface area contributed by atoms with Crippen LogP contribution in [0.4, 0.5) is 0 Å². The summed E-state index contributed by atoms with van der Waals surface area (Å²) in [5.74, 6) is 1.55. The maximum absolute atomic E-state index is 12.0. The minimum atomic E-state index is 0.0298. The van der Waals surface area contributed by atoms with E-state index in [1.54, 1.807) is 4.90 Å². The standard InChI is InChI=1S/C16H24N2O2/c1-12-5-3-4-6-15(12)20-10-9-18(2)16(19)11-14(17)13-7-8-13/h3-6,13-14H,7-11,17H2,1-2H3. The molecule has 110 valence electrons. The molecule has 0 saturated heterocycles. The number of hydrogen-bond donors (Lipinski definition) is 1. The molecule has 20 heavy (non-hydrogen) atoms. The second-order valence-electron chi connectivity index (χ2n) is 5.63. The molecule has 1 aliphatic carbocycles. The number of hydrogen-bond acceptors (Lipinski definition) is 3. The molecule has 1 fully saturated rings. The Morgan fingerprint density at radius 1 is 1.45 bits per heavy atom. The van der Waals surface area contributed by atoms with Gasteiger partial charge in [-0.3, -0.25) is 4.79 Å². The van der Waals surface area contributed by atoms with E-state index >= 15 is 0 Å². The molecule has 1 aromatic carbocycles. The van der Waals surface area contributed by atoms with Crippen LogP contribution < -0.4 is 10.5 Å². The molecule has 1 aliphatic rings. The average molecular weight is 276 g/mol. The van der Waals surface area contributed by atoms with Crippen LogP contribution in [0.1, 0.15) is 24.8 Å². The Hall–Kier alpha value is -1.55. The van der Waals surface area contributed by atoms with Gasteiger partial charge in [-0.1, -0.05) is 18.2 Å². The maximum Gasteiger partial charge on any atom is 0.223 e. The molecule has 0 heterocycles. The van der Waals surface area contributed by atoms with E-state index in [4.69, 9.17) is 10.5 Å². The van der Waals surface area contributed by atoms with Gasteiger partial charge in [-0.05, 0) is 37.3 Å². The van der Waals surface area contributed by atoms with Gasteiger partial charge in [0.15, 0.2) is 0 Å². The SMILES string of the molecule is Cc1ccccc1OCCN(C)C(=O)CC(N)C1CC1. The number of rotatable bonds is 7. The van der Waals surface area contributed by atoms with E-state index in [9.17, 15) is 4.79 Å². The Morgan fingerprint density at radius 2 is 2.15 bits per heavy atom. The van der Waals surface area contributed by atoms with Crippen LogP contribution in [0.25, 0.3) is 0 Å². The molecular formula is C16H24N2O2. The van der Waals surface area contributed by atoms with Crippen LogP contribution in [-0.2, 0) is 4.79 Å². The number of ether oxygens (including phenoxy) is 1. The summed E-state index contributed by atoms with van der Waals surface area (Å²) < 4.78 is 5.70. The number of likely N-dealkylation sites (N-methyl/N-ethyl adjacent to an activating group) is 1. The predicted octanol–water partition coefficient (Wildman–Crippen LogP) is 1.96. The number of amides is 1. The third-order valence-electron chi connectivity index (χ3n) is 3.84. The summed E-state index contributed by atoms with van der Waals surface area (Å²) in [6.07, 6.45) is 2.80.